The van der Waals surface area contributed by atoms with Gasteiger partial charge in [0.25, 0.3) is 0 Å². The van der Waals surface area contributed by atoms with E-state index in [-0.39, 0.29) is 6.04 Å². The highest BCUT2D eigenvalue weighted by molar-refractivity contribution is 6.17. The van der Waals surface area contributed by atoms with Crippen molar-refractivity contribution in [3.63, 3.8) is 0 Å². The third-order valence-corrected chi connectivity index (χ3v) is 2.29. The normalized spacial score (nSPS) is 10.7. The summed E-state index contributed by atoms with van der Waals surface area (Å²) < 4.78 is 12.6. The van der Waals surface area contributed by atoms with Gasteiger partial charge in [0, 0.05) is 18.5 Å². The van der Waals surface area contributed by atoms with Gasteiger partial charge < -0.3 is 4.90 Å². The fraction of sp³-hybridized carbons (Fsp3) is 0.600. The highest BCUT2D eigenvalue weighted by Crippen LogP contribution is 2.11. The summed E-state index contributed by atoms with van der Waals surface area (Å²) in [6.07, 6.45) is 3.22. The molecule has 0 aliphatic carbocycles. The SMILES string of the molecule is CC(C)N(CCCCl)c1ncc(F)cn1. The largest absolute Gasteiger partial charge is 0.338 e. The second kappa shape index (κ2) is 5.85. The van der Waals surface area contributed by atoms with Crippen molar-refractivity contribution in [2.45, 2.75) is 26.3 Å². The molecule has 5 heteroatoms. The molecule has 1 heterocycles. The van der Waals surface area contributed by atoms with Gasteiger partial charge in [-0.05, 0) is 20.3 Å². The molecule has 0 N–H and O–H groups in total. The molecule has 0 aliphatic heterocycles. The number of nitrogens with zero attached hydrogens (tertiary/aromatic N) is 3. The molecule has 0 saturated heterocycles. The molecular formula is C10H15ClFN3. The Morgan fingerprint density at radius 1 is 1.40 bits per heavy atom. The first kappa shape index (κ1) is 12.2. The third-order valence-electron chi connectivity index (χ3n) is 2.02. The van der Waals surface area contributed by atoms with Crippen LogP contribution in [-0.4, -0.2) is 28.4 Å². The minimum atomic E-state index is -0.417. The van der Waals surface area contributed by atoms with Gasteiger partial charge in [-0.1, -0.05) is 0 Å². The lowest BCUT2D eigenvalue weighted by Gasteiger charge is -2.26. The zero-order valence-corrected chi connectivity index (χ0v) is 9.71. The smallest absolute Gasteiger partial charge is 0.225 e. The Morgan fingerprint density at radius 3 is 2.47 bits per heavy atom. The van der Waals surface area contributed by atoms with Crippen LogP contribution in [-0.2, 0) is 0 Å². The van der Waals surface area contributed by atoms with Gasteiger partial charge in [0.15, 0.2) is 5.82 Å². The second-order valence-electron chi connectivity index (χ2n) is 3.53. The molecule has 0 radical (unpaired) electrons. The number of halogens is 2. The summed E-state index contributed by atoms with van der Waals surface area (Å²) in [5.74, 6) is 0.737. The van der Waals surface area contributed by atoms with Crippen LogP contribution in [0, 0.1) is 5.82 Å². The number of hydrogen-bond donors (Lipinski definition) is 0. The van der Waals surface area contributed by atoms with Crippen molar-refractivity contribution in [1.29, 1.82) is 0 Å². The molecule has 0 spiro atoms. The Kier molecular flexibility index (Phi) is 4.75. The van der Waals surface area contributed by atoms with E-state index in [1.54, 1.807) is 0 Å². The first-order valence-corrected chi connectivity index (χ1v) is 5.48. The highest BCUT2D eigenvalue weighted by atomic mass is 35.5. The number of aromatic nitrogens is 2. The first-order valence-electron chi connectivity index (χ1n) is 4.95. The van der Waals surface area contributed by atoms with Crippen molar-refractivity contribution in [3.8, 4) is 0 Å². The van der Waals surface area contributed by atoms with E-state index >= 15 is 0 Å². The molecule has 0 bridgehead atoms. The summed E-state index contributed by atoms with van der Waals surface area (Å²) in [4.78, 5) is 9.90. The lowest BCUT2D eigenvalue weighted by atomic mass is 10.3. The van der Waals surface area contributed by atoms with Crippen LogP contribution in [0.4, 0.5) is 10.3 Å². The fourth-order valence-electron chi connectivity index (χ4n) is 1.27. The van der Waals surface area contributed by atoms with Gasteiger partial charge in [-0.3, -0.25) is 0 Å². The molecule has 0 atom stereocenters. The van der Waals surface area contributed by atoms with E-state index in [0.717, 1.165) is 13.0 Å². The van der Waals surface area contributed by atoms with Crippen LogP contribution in [0.1, 0.15) is 20.3 Å². The maximum Gasteiger partial charge on any atom is 0.225 e. The van der Waals surface area contributed by atoms with Gasteiger partial charge in [-0.15, -0.1) is 11.6 Å². The van der Waals surface area contributed by atoms with E-state index in [9.17, 15) is 4.39 Å². The summed E-state index contributed by atoms with van der Waals surface area (Å²) in [5.41, 5.74) is 0. The van der Waals surface area contributed by atoms with Crippen molar-refractivity contribution in [2.24, 2.45) is 0 Å². The average molecular weight is 232 g/mol. The van der Waals surface area contributed by atoms with Crippen molar-refractivity contribution in [2.75, 3.05) is 17.3 Å². The number of alkyl halides is 1. The molecule has 84 valence electrons. The molecule has 0 amide bonds. The van der Waals surface area contributed by atoms with Gasteiger partial charge in [-0.25, -0.2) is 14.4 Å². The van der Waals surface area contributed by atoms with Crippen LogP contribution >= 0.6 is 11.6 Å². The predicted molar refractivity (Wildman–Crippen MR) is 59.8 cm³/mol. The standard InChI is InChI=1S/C10H15ClFN3/c1-8(2)15(5-3-4-11)10-13-6-9(12)7-14-10/h6-8H,3-5H2,1-2H3. The van der Waals surface area contributed by atoms with Gasteiger partial charge in [-0.2, -0.15) is 0 Å². The first-order chi connectivity index (χ1) is 7.15. The molecule has 0 unspecified atom stereocenters. The molecule has 0 aromatic carbocycles. The molecule has 15 heavy (non-hydrogen) atoms. The van der Waals surface area contributed by atoms with Gasteiger partial charge in [0.1, 0.15) is 0 Å². The van der Waals surface area contributed by atoms with Crippen LogP contribution in [0.5, 0.6) is 0 Å². The third kappa shape index (κ3) is 3.63. The molecule has 0 fully saturated rings. The molecule has 1 rings (SSSR count). The van der Waals surface area contributed by atoms with Crippen molar-refractivity contribution in [1.82, 2.24) is 9.97 Å². The maximum atomic E-state index is 12.6. The second-order valence-corrected chi connectivity index (χ2v) is 3.91. The van der Waals surface area contributed by atoms with E-state index in [0.29, 0.717) is 11.8 Å². The Hall–Kier alpha value is -0.900. The zero-order valence-electron chi connectivity index (χ0n) is 8.95. The number of rotatable bonds is 5. The Balaban J connectivity index is 2.74. The van der Waals surface area contributed by atoms with E-state index in [2.05, 4.69) is 9.97 Å². The summed E-state index contributed by atoms with van der Waals surface area (Å²) in [6.45, 7) is 4.87. The molecular weight excluding hydrogens is 217 g/mol. The summed E-state index contributed by atoms with van der Waals surface area (Å²) >= 11 is 5.64. The van der Waals surface area contributed by atoms with Crippen molar-refractivity contribution < 1.29 is 4.39 Å². The van der Waals surface area contributed by atoms with E-state index in [1.165, 1.54) is 12.4 Å². The van der Waals surface area contributed by atoms with E-state index in [4.69, 9.17) is 11.6 Å². The lowest BCUT2D eigenvalue weighted by Crippen LogP contribution is -2.33. The van der Waals surface area contributed by atoms with Crippen LogP contribution in [0.2, 0.25) is 0 Å². The highest BCUT2D eigenvalue weighted by Gasteiger charge is 2.12. The van der Waals surface area contributed by atoms with Gasteiger partial charge >= 0.3 is 0 Å². The van der Waals surface area contributed by atoms with E-state index in [1.807, 2.05) is 18.7 Å². The van der Waals surface area contributed by atoms with Crippen LogP contribution in [0.3, 0.4) is 0 Å². The van der Waals surface area contributed by atoms with Crippen molar-refractivity contribution >= 4 is 17.5 Å². The Labute approximate surface area is 94.3 Å². The summed E-state index contributed by atoms with van der Waals surface area (Å²) in [5, 5.41) is 0. The summed E-state index contributed by atoms with van der Waals surface area (Å²) in [7, 11) is 0. The van der Waals surface area contributed by atoms with Crippen LogP contribution in [0.25, 0.3) is 0 Å². The molecule has 0 saturated carbocycles. The Bertz CT molecular complexity index is 289. The molecule has 1 aromatic heterocycles. The lowest BCUT2D eigenvalue weighted by molar-refractivity contribution is 0.602. The minimum Gasteiger partial charge on any atom is -0.338 e. The number of anilines is 1. The zero-order chi connectivity index (χ0) is 11.3. The molecule has 1 aromatic rings. The molecule has 3 nitrogen and oxygen atoms in total. The maximum absolute atomic E-state index is 12.6. The van der Waals surface area contributed by atoms with Crippen LogP contribution in [0.15, 0.2) is 12.4 Å². The quantitative estimate of drug-likeness (QED) is 0.729. The average Bonchev–Trinajstić information content (AvgIpc) is 2.21. The monoisotopic (exact) mass is 231 g/mol. The fourth-order valence-corrected chi connectivity index (χ4v) is 1.39. The predicted octanol–water partition coefficient (Wildman–Crippen LogP) is 2.46. The van der Waals surface area contributed by atoms with Gasteiger partial charge in [0.2, 0.25) is 5.95 Å². The van der Waals surface area contributed by atoms with Crippen LogP contribution < -0.4 is 4.90 Å². The molecule has 0 aliphatic rings. The van der Waals surface area contributed by atoms with E-state index < -0.39 is 5.82 Å². The van der Waals surface area contributed by atoms with Crippen molar-refractivity contribution in [3.05, 3.63) is 18.2 Å². The minimum absolute atomic E-state index is 0.277. The Morgan fingerprint density at radius 2 is 2.00 bits per heavy atom. The van der Waals surface area contributed by atoms with Gasteiger partial charge in [0.05, 0.1) is 12.4 Å². The topological polar surface area (TPSA) is 29.0 Å². The number of hydrogen-bond acceptors (Lipinski definition) is 3. The summed E-state index contributed by atoms with van der Waals surface area (Å²) in [6, 6.07) is 0.277.